The number of halogens is 1. The van der Waals surface area contributed by atoms with Gasteiger partial charge in [0.2, 0.25) is 0 Å². The monoisotopic (exact) mass is 491 g/mol. The van der Waals surface area contributed by atoms with Gasteiger partial charge in [-0.2, -0.15) is 0 Å². The van der Waals surface area contributed by atoms with Gasteiger partial charge in [0.05, 0.1) is 24.6 Å². The fourth-order valence-corrected chi connectivity index (χ4v) is 5.19. The molecular weight excluding hydrogens is 473 g/mol. The van der Waals surface area contributed by atoms with E-state index in [9.17, 15) is 5.11 Å². The number of ether oxygens (including phenoxy) is 1. The van der Waals surface area contributed by atoms with E-state index >= 15 is 0 Å². The van der Waals surface area contributed by atoms with Crippen molar-refractivity contribution < 1.29 is 18.2 Å². The van der Waals surface area contributed by atoms with Crippen molar-refractivity contribution in [3.63, 3.8) is 0 Å². The van der Waals surface area contributed by atoms with Crippen molar-refractivity contribution in [1.82, 2.24) is 19.5 Å². The molecule has 11 heteroatoms. The van der Waals surface area contributed by atoms with Crippen LogP contribution in [0.5, 0.6) is 0 Å². The molecule has 2 aromatic rings. The first-order valence-corrected chi connectivity index (χ1v) is 10.8. The van der Waals surface area contributed by atoms with Crippen molar-refractivity contribution in [3.8, 4) is 0 Å². The number of nitrogens with zero attached hydrogens (tertiary/aromatic N) is 4. The van der Waals surface area contributed by atoms with E-state index in [0.717, 1.165) is 36.0 Å². The predicted octanol–water partition coefficient (Wildman–Crippen LogP) is 1.83. The van der Waals surface area contributed by atoms with Crippen LogP contribution in [0.3, 0.4) is 0 Å². The van der Waals surface area contributed by atoms with E-state index in [0.29, 0.717) is 17.0 Å². The van der Waals surface area contributed by atoms with E-state index in [-0.39, 0.29) is 36.7 Å². The molecule has 0 amide bonds. The van der Waals surface area contributed by atoms with Gasteiger partial charge in [-0.25, -0.2) is 15.0 Å². The van der Waals surface area contributed by atoms with Crippen LogP contribution in [0, 0.1) is 0 Å². The Morgan fingerprint density at radius 2 is 2.15 bits per heavy atom. The highest BCUT2D eigenvalue weighted by molar-refractivity contribution is 14.1. The zero-order chi connectivity index (χ0) is 17.7. The van der Waals surface area contributed by atoms with Crippen molar-refractivity contribution >= 4 is 51.9 Å². The molecule has 3 aliphatic rings. The Morgan fingerprint density at radius 3 is 2.96 bits per heavy atom. The first kappa shape index (κ1) is 17.4. The molecule has 0 radical (unpaired) electrons. The molecule has 3 fully saturated rings. The summed E-state index contributed by atoms with van der Waals surface area (Å²) in [7, 11) is 0. The molecule has 2 aliphatic heterocycles. The topological polar surface area (TPSA) is 104 Å². The van der Waals surface area contributed by atoms with Crippen molar-refractivity contribution in [2.24, 2.45) is 0 Å². The number of anilines is 1. The number of alkyl halides is 1. The van der Waals surface area contributed by atoms with Crippen LogP contribution in [0.15, 0.2) is 12.7 Å². The minimum Gasteiger partial charge on any atom is -0.391 e. The van der Waals surface area contributed by atoms with Gasteiger partial charge in [0.25, 0.3) is 0 Å². The molecule has 2 aromatic heterocycles. The molecule has 140 valence electrons. The van der Waals surface area contributed by atoms with Crippen LogP contribution in [0.25, 0.3) is 11.2 Å². The number of fused-ring (bicyclic) bond motifs is 2. The number of aliphatic hydroxyl groups is 1. The summed E-state index contributed by atoms with van der Waals surface area (Å²) < 4.78 is 20.1. The highest BCUT2D eigenvalue weighted by Crippen LogP contribution is 2.44. The van der Waals surface area contributed by atoms with Crippen molar-refractivity contribution in [2.75, 3.05) is 9.74 Å². The average Bonchev–Trinajstić information content (AvgIpc) is 3.40. The minimum atomic E-state index is -0.355. The maximum atomic E-state index is 10.1. The maximum Gasteiger partial charge on any atom is 0.167 e. The Labute approximate surface area is 167 Å². The van der Waals surface area contributed by atoms with Crippen molar-refractivity contribution in [2.45, 2.75) is 55.9 Å². The molecule has 2 saturated heterocycles. The Kier molecular flexibility index (Phi) is 4.69. The molecule has 5 rings (SSSR count). The van der Waals surface area contributed by atoms with Crippen LogP contribution in [0.4, 0.5) is 5.82 Å². The van der Waals surface area contributed by atoms with Gasteiger partial charge in [0.1, 0.15) is 18.5 Å². The molecule has 26 heavy (non-hydrogen) atoms. The van der Waals surface area contributed by atoms with Crippen LogP contribution in [0.2, 0.25) is 0 Å². The fourth-order valence-electron chi connectivity index (χ4n) is 3.82. The predicted molar refractivity (Wildman–Crippen MR) is 103 cm³/mol. The van der Waals surface area contributed by atoms with Gasteiger partial charge in [0.15, 0.2) is 35.5 Å². The van der Waals surface area contributed by atoms with Crippen molar-refractivity contribution in [1.29, 1.82) is 0 Å². The highest BCUT2D eigenvalue weighted by atomic mass is 127. The summed E-state index contributed by atoms with van der Waals surface area (Å²) in [5, 5.41) is 13.4. The van der Waals surface area contributed by atoms with Gasteiger partial charge in [-0.1, -0.05) is 22.6 Å². The lowest BCUT2D eigenvalue weighted by Gasteiger charge is -2.18. The van der Waals surface area contributed by atoms with E-state index in [2.05, 4.69) is 42.9 Å². The summed E-state index contributed by atoms with van der Waals surface area (Å²) in [5.74, 6) is 0.637. The Hall–Kier alpha value is -0.730. The van der Waals surface area contributed by atoms with Crippen LogP contribution in [-0.4, -0.2) is 59.5 Å². The summed E-state index contributed by atoms with van der Waals surface area (Å²) in [5.41, 5.74) is 1.34. The van der Waals surface area contributed by atoms with E-state index in [1.54, 1.807) is 6.33 Å². The number of nitrogens with one attached hydrogen (secondary N) is 1. The quantitative estimate of drug-likeness (QED) is 0.377. The van der Waals surface area contributed by atoms with Crippen molar-refractivity contribution in [3.05, 3.63) is 12.7 Å². The number of hydrogen-bond donors (Lipinski definition) is 2. The van der Waals surface area contributed by atoms with E-state index in [1.165, 1.54) is 6.33 Å². The molecule has 0 bridgehead atoms. The second kappa shape index (κ2) is 7.02. The van der Waals surface area contributed by atoms with E-state index in [1.807, 2.05) is 4.57 Å². The molecule has 4 heterocycles. The molecular formula is C15H18IN5O4S. The first-order valence-electron chi connectivity index (χ1n) is 8.58. The lowest BCUT2D eigenvalue weighted by atomic mass is 10.1. The zero-order valence-electron chi connectivity index (χ0n) is 13.7. The van der Waals surface area contributed by atoms with Gasteiger partial charge in [0, 0.05) is 4.43 Å². The summed E-state index contributed by atoms with van der Waals surface area (Å²) in [6.07, 6.45) is 4.90. The fraction of sp³-hybridized carbons (Fsp3) is 0.667. The van der Waals surface area contributed by atoms with Crippen LogP contribution in [0.1, 0.15) is 25.5 Å². The molecule has 2 N–H and O–H groups in total. The number of aliphatic hydroxyl groups excluding tert-OH is 1. The SMILES string of the molecule is OC1CCCC1Nc1ncnc2c1ncn2[C@@H]1O[C@H](CI)[C@H]2OSO[C@H]21. The third kappa shape index (κ3) is 2.79. The Bertz CT molecular complexity index is 809. The number of rotatable bonds is 4. The number of hydrogen-bond acceptors (Lipinski definition) is 9. The molecule has 0 spiro atoms. The van der Waals surface area contributed by atoms with Gasteiger partial charge in [-0.15, -0.1) is 0 Å². The zero-order valence-corrected chi connectivity index (χ0v) is 16.7. The first-order chi connectivity index (χ1) is 12.8. The van der Waals surface area contributed by atoms with Gasteiger partial charge in [-0.3, -0.25) is 12.9 Å². The average molecular weight is 491 g/mol. The molecule has 9 nitrogen and oxygen atoms in total. The van der Waals surface area contributed by atoms with Gasteiger partial charge in [-0.05, 0) is 19.3 Å². The maximum absolute atomic E-state index is 10.1. The van der Waals surface area contributed by atoms with E-state index < -0.39 is 0 Å². The lowest BCUT2D eigenvalue weighted by Crippen LogP contribution is -2.29. The normalized spacial score (nSPS) is 36.7. The summed E-state index contributed by atoms with van der Waals surface area (Å²) >= 11 is 3.32. The van der Waals surface area contributed by atoms with Gasteiger partial charge < -0.3 is 15.2 Å². The number of aromatic nitrogens is 4. The second-order valence-corrected chi connectivity index (χ2v) is 8.11. The summed E-state index contributed by atoms with van der Waals surface area (Å²) in [4.78, 5) is 13.2. The molecule has 1 saturated carbocycles. The minimum absolute atomic E-state index is 0.00303. The lowest BCUT2D eigenvalue weighted by molar-refractivity contribution is -0.0209. The number of imidazole rings is 1. The third-order valence-corrected chi connectivity index (χ3v) is 6.64. The molecule has 1 aliphatic carbocycles. The smallest absolute Gasteiger partial charge is 0.167 e. The largest absolute Gasteiger partial charge is 0.391 e. The van der Waals surface area contributed by atoms with Crippen LogP contribution >= 0.6 is 34.9 Å². The second-order valence-electron chi connectivity index (χ2n) is 6.70. The summed E-state index contributed by atoms with van der Waals surface area (Å²) in [6.45, 7) is 0. The standard InChI is InChI=1S/C15H18IN5O4S/c16-4-9-11-12(25-26-24-11)15(23-9)21-6-19-10-13(17-5-18-14(10)21)20-7-2-1-3-8(7)22/h5-9,11-12,15,22H,1-4H2,(H,17,18,20)/t7?,8?,9-,11-,12-,15-/m1/s1. The van der Waals surface area contributed by atoms with E-state index in [4.69, 9.17) is 13.1 Å². The Balaban J connectivity index is 1.47. The van der Waals surface area contributed by atoms with Crippen LogP contribution < -0.4 is 5.32 Å². The molecule has 0 aromatic carbocycles. The van der Waals surface area contributed by atoms with Crippen LogP contribution in [-0.2, 0) is 13.1 Å². The summed E-state index contributed by atoms with van der Waals surface area (Å²) in [6, 6.07) is -0.00303. The highest BCUT2D eigenvalue weighted by Gasteiger charge is 2.51. The molecule has 6 atom stereocenters. The third-order valence-electron chi connectivity index (χ3n) is 5.17. The van der Waals surface area contributed by atoms with Gasteiger partial charge >= 0.3 is 0 Å². The molecule has 2 unspecified atom stereocenters. The Morgan fingerprint density at radius 1 is 1.27 bits per heavy atom.